The Bertz CT molecular complexity index is 3780. The molecule has 0 saturated carbocycles. The molecular weight excluding hydrogens is 833 g/mol. The van der Waals surface area contributed by atoms with Gasteiger partial charge in [0, 0.05) is 69.5 Å². The predicted molar refractivity (Wildman–Crippen MR) is 241 cm³/mol. The van der Waals surface area contributed by atoms with E-state index in [0.29, 0.717) is 29.4 Å². The Kier molecular flexibility index (Phi) is 7.79. The van der Waals surface area contributed by atoms with Crippen LogP contribution < -0.4 is 0 Å². The van der Waals surface area contributed by atoms with Crippen molar-refractivity contribution >= 4 is 102 Å². The van der Waals surface area contributed by atoms with E-state index in [1.807, 2.05) is 108 Å². The average Bonchev–Trinajstić information content (AvgIpc) is 4.03. The van der Waals surface area contributed by atoms with Crippen LogP contribution in [0.4, 0.5) is 26.3 Å². The summed E-state index contributed by atoms with van der Waals surface area (Å²) < 4.78 is 101. The molecule has 0 aliphatic heterocycles. The van der Waals surface area contributed by atoms with Gasteiger partial charge in [0.15, 0.2) is 0 Å². The van der Waals surface area contributed by atoms with Crippen molar-refractivity contribution in [3.63, 3.8) is 0 Å². The number of fused-ring (bicyclic) bond motifs is 14. The first-order valence-corrected chi connectivity index (χ1v) is 21.5. The van der Waals surface area contributed by atoms with E-state index in [0.717, 1.165) is 86.0 Å². The lowest BCUT2D eigenvalue weighted by Crippen LogP contribution is -2.17. The number of benzene rings is 7. The van der Waals surface area contributed by atoms with Crippen molar-refractivity contribution in [2.24, 2.45) is 0 Å². The minimum atomic E-state index is -5.20. The van der Waals surface area contributed by atoms with Crippen LogP contribution in [0.15, 0.2) is 133 Å². The lowest BCUT2D eigenvalue weighted by molar-refractivity contribution is -0.142. The van der Waals surface area contributed by atoms with Crippen molar-refractivity contribution < 1.29 is 26.3 Å². The molecule has 0 radical (unpaired) electrons. The highest BCUT2D eigenvalue weighted by atomic mass is 32.1. The fourth-order valence-electron chi connectivity index (χ4n) is 9.80. The summed E-state index contributed by atoms with van der Waals surface area (Å²) >= 11 is 3.04. The van der Waals surface area contributed by atoms with Gasteiger partial charge in [0.1, 0.15) is 0 Å². The molecule has 0 unspecified atom stereocenters. The second-order valence-electron chi connectivity index (χ2n) is 15.6. The van der Waals surface area contributed by atoms with Crippen LogP contribution in [0, 0.1) is 11.3 Å². The molecule has 12 rings (SSSR count). The van der Waals surface area contributed by atoms with Gasteiger partial charge in [-0.15, -0.1) is 22.7 Å². The zero-order chi connectivity index (χ0) is 42.2. The lowest BCUT2D eigenvalue weighted by Gasteiger charge is -2.26. The van der Waals surface area contributed by atoms with Gasteiger partial charge in [-0.2, -0.15) is 31.6 Å². The lowest BCUT2D eigenvalue weighted by atomic mass is 9.89. The van der Waals surface area contributed by atoms with Crippen molar-refractivity contribution in [1.82, 2.24) is 9.13 Å². The highest BCUT2D eigenvalue weighted by Crippen LogP contribution is 2.53. The molecule has 4 aromatic heterocycles. The van der Waals surface area contributed by atoms with Crippen LogP contribution in [0.1, 0.15) is 34.4 Å². The zero-order valence-corrected chi connectivity index (χ0v) is 33.8. The number of alkyl halides is 6. The number of thiophene rings is 2. The van der Waals surface area contributed by atoms with Gasteiger partial charge in [-0.1, -0.05) is 97.1 Å². The number of nitriles is 1. The normalized spacial score (nSPS) is 13.4. The summed E-state index contributed by atoms with van der Waals surface area (Å²) in [6, 6.07) is 38.7. The van der Waals surface area contributed by atoms with Gasteiger partial charge in [0.25, 0.3) is 0 Å². The Labute approximate surface area is 356 Å². The fraction of sp³-hybridized carbons (Fsp3) is 0.0784. The first kappa shape index (κ1) is 36.9. The summed E-state index contributed by atoms with van der Waals surface area (Å²) in [7, 11) is 0. The standard InChI is InChI=1S/C51H27F6N3S2/c52-50(53,54)36-14-9-15-37(51(55,56)57)44(36)45-40(59-38-16-5-1-10-28(38)32-20-22-34-30-12-3-7-18-42(30)61-48(34)46(32)59)24-27(26-58)25-41(45)60-39-17-6-2-11-29(39)33-21-23-35-31-13-4-8-19-43(31)62-49(35)47(33)60/h1-5,7-16,18-25H,6,17H2. The third kappa shape index (κ3) is 5.17. The summed E-state index contributed by atoms with van der Waals surface area (Å²) in [4.78, 5) is 0. The SMILES string of the molecule is N#Cc1cc(-n2c3c(c4ccc5c6ccccc6sc5c42)C=CCC3)c(-c2c(C(F)(F)F)cccc2C(F)(F)F)c(-n2c3ccccc3c3ccc4c5ccccc5sc4c32)c1. The number of allylic oxidation sites excluding steroid dienone is 1. The number of aromatic nitrogens is 2. The fourth-order valence-corrected chi connectivity index (χ4v) is 12.3. The van der Waals surface area contributed by atoms with E-state index < -0.39 is 29.0 Å². The Hall–Kier alpha value is -6.87. The van der Waals surface area contributed by atoms with Crippen molar-refractivity contribution in [3.05, 3.63) is 161 Å². The predicted octanol–water partition coefficient (Wildman–Crippen LogP) is 16.0. The molecule has 1 aliphatic rings. The van der Waals surface area contributed by atoms with E-state index in [-0.39, 0.29) is 22.5 Å². The van der Waals surface area contributed by atoms with E-state index in [1.54, 1.807) is 10.6 Å². The highest BCUT2D eigenvalue weighted by Gasteiger charge is 2.43. The maximum Gasteiger partial charge on any atom is 0.417 e. The molecular formula is C51H27F6N3S2. The first-order chi connectivity index (χ1) is 30.0. The molecule has 0 bridgehead atoms. The molecule has 300 valence electrons. The van der Waals surface area contributed by atoms with E-state index in [1.165, 1.54) is 34.8 Å². The van der Waals surface area contributed by atoms with Crippen LogP contribution in [0.5, 0.6) is 0 Å². The van der Waals surface area contributed by atoms with E-state index in [4.69, 9.17) is 0 Å². The molecule has 7 aromatic carbocycles. The van der Waals surface area contributed by atoms with Gasteiger partial charge < -0.3 is 9.13 Å². The summed E-state index contributed by atoms with van der Waals surface area (Å²) in [5, 5.41) is 17.0. The Morgan fingerprint density at radius 1 is 0.532 bits per heavy atom. The van der Waals surface area contributed by atoms with Gasteiger partial charge in [-0.3, -0.25) is 0 Å². The molecule has 0 atom stereocenters. The second kappa shape index (κ2) is 13.1. The van der Waals surface area contributed by atoms with Crippen LogP contribution >= 0.6 is 22.7 Å². The number of para-hydroxylation sites is 1. The number of rotatable bonds is 3. The van der Waals surface area contributed by atoms with Crippen LogP contribution in [-0.2, 0) is 18.8 Å². The van der Waals surface area contributed by atoms with Gasteiger partial charge in [0.2, 0.25) is 0 Å². The molecule has 4 heterocycles. The number of hydrogen-bond acceptors (Lipinski definition) is 3. The largest absolute Gasteiger partial charge is 0.417 e. The topological polar surface area (TPSA) is 33.6 Å². The van der Waals surface area contributed by atoms with Crippen molar-refractivity contribution in [3.8, 4) is 28.6 Å². The van der Waals surface area contributed by atoms with Gasteiger partial charge in [-0.25, -0.2) is 0 Å². The van der Waals surface area contributed by atoms with Crippen molar-refractivity contribution in [2.75, 3.05) is 0 Å². The molecule has 62 heavy (non-hydrogen) atoms. The highest BCUT2D eigenvalue weighted by molar-refractivity contribution is 7.27. The maximum atomic E-state index is 15.6. The smallest absolute Gasteiger partial charge is 0.311 e. The quantitative estimate of drug-likeness (QED) is 0.163. The second-order valence-corrected chi connectivity index (χ2v) is 17.7. The molecule has 0 fully saturated rings. The third-order valence-electron chi connectivity index (χ3n) is 12.3. The molecule has 11 aromatic rings. The van der Waals surface area contributed by atoms with Gasteiger partial charge in [0.05, 0.1) is 60.1 Å². The molecule has 11 heteroatoms. The summed E-state index contributed by atoms with van der Waals surface area (Å²) in [5.41, 5.74) is -0.530. The van der Waals surface area contributed by atoms with Crippen molar-refractivity contribution in [2.45, 2.75) is 25.2 Å². The molecule has 0 spiro atoms. The minimum absolute atomic E-state index is 0.0304. The number of nitrogens with zero attached hydrogens (tertiary/aromatic N) is 3. The zero-order valence-electron chi connectivity index (χ0n) is 32.1. The summed E-state index contributed by atoms with van der Waals surface area (Å²) in [6.07, 6.45) is -5.31. The van der Waals surface area contributed by atoms with Gasteiger partial charge >= 0.3 is 12.4 Å². The molecule has 0 amide bonds. The first-order valence-electron chi connectivity index (χ1n) is 19.9. The summed E-state index contributed by atoms with van der Waals surface area (Å²) in [6.45, 7) is 0. The Morgan fingerprint density at radius 3 is 1.68 bits per heavy atom. The van der Waals surface area contributed by atoms with E-state index >= 15 is 26.3 Å². The Balaban J connectivity index is 1.36. The molecule has 1 aliphatic carbocycles. The number of halogens is 6. The summed E-state index contributed by atoms with van der Waals surface area (Å²) in [5.74, 6) is 0. The minimum Gasteiger partial charge on any atom is -0.311 e. The van der Waals surface area contributed by atoms with Crippen LogP contribution in [0.3, 0.4) is 0 Å². The van der Waals surface area contributed by atoms with Gasteiger partial charge in [-0.05, 0) is 55.3 Å². The number of hydrogen-bond donors (Lipinski definition) is 0. The van der Waals surface area contributed by atoms with Crippen molar-refractivity contribution in [1.29, 1.82) is 5.26 Å². The molecule has 3 nitrogen and oxygen atoms in total. The van der Waals surface area contributed by atoms with Crippen LogP contribution in [0.25, 0.3) is 102 Å². The monoisotopic (exact) mass is 859 g/mol. The van der Waals surface area contributed by atoms with Crippen LogP contribution in [0.2, 0.25) is 0 Å². The molecule has 0 N–H and O–H groups in total. The maximum absolute atomic E-state index is 15.6. The van der Waals surface area contributed by atoms with E-state index in [9.17, 15) is 5.26 Å². The van der Waals surface area contributed by atoms with Crippen LogP contribution in [-0.4, -0.2) is 9.13 Å². The third-order valence-corrected chi connectivity index (χ3v) is 14.6. The van der Waals surface area contributed by atoms with E-state index in [2.05, 4.69) is 6.07 Å². The molecule has 0 saturated heterocycles. The Morgan fingerprint density at radius 2 is 1.06 bits per heavy atom. The average molecular weight is 860 g/mol.